The van der Waals surface area contributed by atoms with Crippen LogP contribution in [0.2, 0.25) is 0 Å². The van der Waals surface area contributed by atoms with E-state index in [0.29, 0.717) is 11.4 Å². The van der Waals surface area contributed by atoms with Crippen LogP contribution in [-0.2, 0) is 16.0 Å². The Balaban J connectivity index is 1.66. The molecule has 23 heavy (non-hydrogen) atoms. The monoisotopic (exact) mass is 350 g/mol. The standard InChI is InChI=1S/C16H18N2O3S2/c1-16(2)12(15(20)21)18-13(22)11(14(18)23-16)17-10(19)8-9-6-4-3-5-7-9/h3-7,11-12,14H,8H2,1-2H3,(H,17,19)(H,20,21)/t11-,12?,14?/m0/s1. The van der Waals surface area contributed by atoms with E-state index in [1.54, 1.807) is 16.7 Å². The second kappa shape index (κ2) is 5.79. The number of nitrogens with zero attached hydrogens (tertiary/aromatic N) is 1. The predicted molar refractivity (Wildman–Crippen MR) is 93.4 cm³/mol. The Morgan fingerprint density at radius 3 is 2.61 bits per heavy atom. The number of carbonyl (C=O) groups excluding carboxylic acids is 1. The Bertz CT molecular complexity index is 663. The van der Waals surface area contributed by atoms with E-state index in [1.807, 2.05) is 44.2 Å². The lowest BCUT2D eigenvalue weighted by molar-refractivity contribution is -0.142. The molecule has 2 heterocycles. The molecule has 1 aromatic rings. The van der Waals surface area contributed by atoms with Crippen molar-refractivity contribution in [3.8, 4) is 0 Å². The van der Waals surface area contributed by atoms with Crippen molar-refractivity contribution in [3.63, 3.8) is 0 Å². The van der Waals surface area contributed by atoms with Gasteiger partial charge in [0.2, 0.25) is 5.91 Å². The fourth-order valence-corrected chi connectivity index (χ4v) is 5.36. The van der Waals surface area contributed by atoms with Gasteiger partial charge in [-0.2, -0.15) is 0 Å². The molecule has 0 bridgehead atoms. The molecule has 2 aliphatic rings. The van der Waals surface area contributed by atoms with E-state index < -0.39 is 16.8 Å². The molecule has 3 atom stereocenters. The molecule has 5 nitrogen and oxygen atoms in total. The first kappa shape index (κ1) is 16.3. The number of rotatable bonds is 4. The fraction of sp³-hybridized carbons (Fsp3) is 0.438. The van der Waals surface area contributed by atoms with Gasteiger partial charge in [0.15, 0.2) is 0 Å². The Morgan fingerprint density at radius 1 is 1.35 bits per heavy atom. The van der Waals surface area contributed by atoms with Crippen molar-refractivity contribution >= 4 is 40.8 Å². The highest BCUT2D eigenvalue weighted by atomic mass is 32.2. The lowest BCUT2D eigenvalue weighted by Gasteiger charge is -2.46. The Morgan fingerprint density at radius 2 is 2.00 bits per heavy atom. The molecule has 0 spiro atoms. The molecule has 3 rings (SSSR count). The van der Waals surface area contributed by atoms with Crippen LogP contribution in [0.1, 0.15) is 19.4 Å². The van der Waals surface area contributed by atoms with Crippen LogP contribution < -0.4 is 5.32 Å². The second-order valence-corrected chi connectivity index (χ2v) is 8.49. The maximum Gasteiger partial charge on any atom is 0.327 e. The minimum absolute atomic E-state index is 0.0969. The highest BCUT2D eigenvalue weighted by Gasteiger charge is 2.62. The van der Waals surface area contributed by atoms with Gasteiger partial charge in [-0.3, -0.25) is 4.79 Å². The molecule has 0 saturated carbocycles. The molecule has 7 heteroatoms. The molecular formula is C16H18N2O3S2. The maximum atomic E-state index is 12.2. The van der Waals surface area contributed by atoms with Gasteiger partial charge in [0, 0.05) is 4.75 Å². The quantitative estimate of drug-likeness (QED) is 0.805. The summed E-state index contributed by atoms with van der Waals surface area (Å²) in [5.41, 5.74) is 0.940. The first-order valence-corrected chi connectivity index (χ1v) is 8.66. The van der Waals surface area contributed by atoms with Crippen molar-refractivity contribution in [1.82, 2.24) is 10.2 Å². The van der Waals surface area contributed by atoms with Gasteiger partial charge in [-0.05, 0) is 19.4 Å². The zero-order chi connectivity index (χ0) is 16.8. The summed E-state index contributed by atoms with van der Waals surface area (Å²) >= 11 is 6.92. The number of hydrogen-bond donors (Lipinski definition) is 2. The number of carboxylic acids is 1. The second-order valence-electron chi connectivity index (χ2n) is 6.31. The number of benzene rings is 1. The van der Waals surface area contributed by atoms with Gasteiger partial charge in [0.25, 0.3) is 0 Å². The smallest absolute Gasteiger partial charge is 0.327 e. The third-order valence-corrected chi connectivity index (χ3v) is 6.24. The van der Waals surface area contributed by atoms with Gasteiger partial charge in [-0.25, -0.2) is 4.79 Å². The average molecular weight is 350 g/mol. The number of nitrogens with one attached hydrogen (secondary N) is 1. The summed E-state index contributed by atoms with van der Waals surface area (Å²) in [6.07, 6.45) is 0.295. The summed E-state index contributed by atoms with van der Waals surface area (Å²) in [6.45, 7) is 3.81. The molecule has 0 aromatic heterocycles. The van der Waals surface area contributed by atoms with Crippen molar-refractivity contribution in [2.24, 2.45) is 0 Å². The van der Waals surface area contributed by atoms with E-state index in [2.05, 4.69) is 5.32 Å². The van der Waals surface area contributed by atoms with E-state index in [-0.39, 0.29) is 17.3 Å². The number of carbonyl (C=O) groups is 2. The van der Waals surface area contributed by atoms with Crippen LogP contribution in [0.3, 0.4) is 0 Å². The van der Waals surface area contributed by atoms with E-state index in [9.17, 15) is 14.7 Å². The van der Waals surface area contributed by atoms with E-state index in [4.69, 9.17) is 12.2 Å². The van der Waals surface area contributed by atoms with Gasteiger partial charge in [-0.15, -0.1) is 11.8 Å². The van der Waals surface area contributed by atoms with Crippen LogP contribution in [0, 0.1) is 0 Å². The number of carboxylic acid groups (broad SMARTS) is 1. The van der Waals surface area contributed by atoms with Gasteiger partial charge < -0.3 is 15.3 Å². The number of aliphatic carboxylic acids is 1. The molecule has 2 N–H and O–H groups in total. The first-order chi connectivity index (χ1) is 10.8. The molecule has 2 saturated heterocycles. The normalized spacial score (nSPS) is 28.0. The minimum Gasteiger partial charge on any atom is -0.480 e. The van der Waals surface area contributed by atoms with Crippen molar-refractivity contribution in [1.29, 1.82) is 0 Å². The van der Waals surface area contributed by atoms with E-state index >= 15 is 0 Å². The summed E-state index contributed by atoms with van der Waals surface area (Å²) < 4.78 is -0.445. The third kappa shape index (κ3) is 2.83. The van der Waals surface area contributed by atoms with Gasteiger partial charge in [0.1, 0.15) is 22.4 Å². The van der Waals surface area contributed by atoms with Crippen LogP contribution in [0.4, 0.5) is 0 Å². The lowest BCUT2D eigenvalue weighted by Crippen LogP contribution is -2.70. The third-order valence-electron chi connectivity index (χ3n) is 4.20. The summed E-state index contributed by atoms with van der Waals surface area (Å²) in [5.74, 6) is -0.971. The Labute approximate surface area is 144 Å². The van der Waals surface area contributed by atoms with Crippen molar-refractivity contribution in [2.75, 3.05) is 0 Å². The summed E-state index contributed by atoms with van der Waals surface area (Å²) in [4.78, 5) is 26.0. The van der Waals surface area contributed by atoms with Crippen molar-refractivity contribution < 1.29 is 14.7 Å². The number of amides is 1. The largest absolute Gasteiger partial charge is 0.480 e. The highest BCUT2D eigenvalue weighted by molar-refractivity contribution is 8.02. The van der Waals surface area contributed by atoms with Crippen LogP contribution >= 0.6 is 24.0 Å². The minimum atomic E-state index is -0.874. The van der Waals surface area contributed by atoms with Gasteiger partial charge in [0.05, 0.1) is 6.42 Å². The average Bonchev–Trinajstić information content (AvgIpc) is 2.74. The van der Waals surface area contributed by atoms with Gasteiger partial charge >= 0.3 is 5.97 Å². The van der Waals surface area contributed by atoms with Crippen LogP contribution in [-0.4, -0.2) is 49.1 Å². The van der Waals surface area contributed by atoms with E-state index in [1.165, 1.54) is 0 Å². The maximum absolute atomic E-state index is 12.2. The molecule has 0 radical (unpaired) electrons. The topological polar surface area (TPSA) is 69.6 Å². The summed E-state index contributed by atoms with van der Waals surface area (Å²) in [5, 5.41) is 12.3. The Kier molecular flexibility index (Phi) is 4.10. The van der Waals surface area contributed by atoms with Crippen molar-refractivity contribution in [2.45, 2.75) is 42.5 Å². The molecular weight excluding hydrogens is 332 g/mol. The van der Waals surface area contributed by atoms with Crippen molar-refractivity contribution in [3.05, 3.63) is 35.9 Å². The van der Waals surface area contributed by atoms with E-state index in [0.717, 1.165) is 5.56 Å². The highest BCUT2D eigenvalue weighted by Crippen LogP contribution is 2.51. The van der Waals surface area contributed by atoms with Gasteiger partial charge in [-0.1, -0.05) is 42.5 Å². The fourth-order valence-electron chi connectivity index (χ4n) is 3.15. The molecule has 0 aliphatic carbocycles. The summed E-state index contributed by atoms with van der Waals surface area (Å²) in [7, 11) is 0. The Hall–Kier alpha value is -1.60. The molecule has 2 fully saturated rings. The zero-order valence-corrected chi connectivity index (χ0v) is 14.5. The molecule has 2 unspecified atom stereocenters. The lowest BCUT2D eigenvalue weighted by atomic mass is 9.96. The van der Waals surface area contributed by atoms with Crippen LogP contribution in [0.15, 0.2) is 30.3 Å². The number of thiocarbonyl (C=S) groups is 1. The van der Waals surface area contributed by atoms with Crippen LogP contribution in [0.25, 0.3) is 0 Å². The number of hydrogen-bond acceptors (Lipinski definition) is 4. The predicted octanol–water partition coefficient (Wildman–Crippen LogP) is 1.66. The molecule has 1 amide bonds. The summed E-state index contributed by atoms with van der Waals surface area (Å²) in [6, 6.07) is 8.58. The molecule has 2 aliphatic heterocycles. The number of thioether (sulfide) groups is 1. The molecule has 122 valence electrons. The zero-order valence-electron chi connectivity index (χ0n) is 12.9. The first-order valence-electron chi connectivity index (χ1n) is 7.37. The SMILES string of the molecule is CC1(C)SC2[C@@H](NC(=O)Cc3ccccc3)C(=S)N2C1C(=O)O. The molecule has 1 aromatic carbocycles. The number of fused-ring (bicyclic) bond motifs is 1. The van der Waals surface area contributed by atoms with Crippen LogP contribution in [0.5, 0.6) is 0 Å².